The lowest BCUT2D eigenvalue weighted by molar-refractivity contribution is -0.0426. The number of aliphatic hydroxyl groups excluding tert-OH is 1. The molecule has 0 aliphatic carbocycles. The second-order valence-electron chi connectivity index (χ2n) is 4.76. The third-order valence-corrected chi connectivity index (χ3v) is 3.50. The third-order valence-electron chi connectivity index (χ3n) is 3.50. The van der Waals surface area contributed by atoms with E-state index in [0.717, 1.165) is 5.56 Å². The van der Waals surface area contributed by atoms with Crippen molar-refractivity contribution in [2.24, 2.45) is 0 Å². The lowest BCUT2D eigenvalue weighted by Gasteiger charge is -2.25. The van der Waals surface area contributed by atoms with Gasteiger partial charge in [-0.2, -0.15) is 0 Å². The van der Waals surface area contributed by atoms with Crippen LogP contribution in [-0.4, -0.2) is 48.5 Å². The van der Waals surface area contributed by atoms with Gasteiger partial charge in [0.15, 0.2) is 0 Å². The SMILES string of the molecule is COC1(CO)CCN(C(=O)OCc2ccccc2)C1. The largest absolute Gasteiger partial charge is 0.445 e. The highest BCUT2D eigenvalue weighted by Gasteiger charge is 2.40. The quantitative estimate of drug-likeness (QED) is 0.894. The van der Waals surface area contributed by atoms with Gasteiger partial charge in [0.25, 0.3) is 0 Å². The minimum atomic E-state index is -0.633. The Labute approximate surface area is 112 Å². The van der Waals surface area contributed by atoms with Gasteiger partial charge in [0.1, 0.15) is 12.2 Å². The minimum absolute atomic E-state index is 0.0913. The molecule has 1 atom stereocenters. The van der Waals surface area contributed by atoms with E-state index in [9.17, 15) is 9.90 Å². The fraction of sp³-hybridized carbons (Fsp3) is 0.500. The van der Waals surface area contributed by atoms with Crippen LogP contribution in [0.5, 0.6) is 0 Å². The maximum absolute atomic E-state index is 11.9. The van der Waals surface area contributed by atoms with E-state index in [2.05, 4.69) is 0 Å². The van der Waals surface area contributed by atoms with Gasteiger partial charge in [-0.05, 0) is 12.0 Å². The van der Waals surface area contributed by atoms with E-state index < -0.39 is 5.60 Å². The molecule has 1 saturated heterocycles. The van der Waals surface area contributed by atoms with Crippen molar-refractivity contribution >= 4 is 6.09 Å². The molecular weight excluding hydrogens is 246 g/mol. The van der Waals surface area contributed by atoms with E-state index in [1.54, 1.807) is 12.0 Å². The Bertz CT molecular complexity index is 417. The summed E-state index contributed by atoms with van der Waals surface area (Å²) in [5.74, 6) is 0. The van der Waals surface area contributed by atoms with Crippen LogP contribution in [0.4, 0.5) is 4.79 Å². The fourth-order valence-corrected chi connectivity index (χ4v) is 2.17. The van der Waals surface area contributed by atoms with Gasteiger partial charge in [-0.1, -0.05) is 30.3 Å². The smallest absolute Gasteiger partial charge is 0.410 e. The number of methoxy groups -OCH3 is 1. The number of hydrogen-bond acceptors (Lipinski definition) is 4. The van der Waals surface area contributed by atoms with E-state index in [0.29, 0.717) is 19.5 Å². The summed E-state index contributed by atoms with van der Waals surface area (Å²) < 4.78 is 10.5. The van der Waals surface area contributed by atoms with Gasteiger partial charge >= 0.3 is 6.09 Å². The van der Waals surface area contributed by atoms with Crippen LogP contribution < -0.4 is 0 Å². The molecule has 1 unspecified atom stereocenters. The van der Waals surface area contributed by atoms with Crippen LogP contribution in [0.3, 0.4) is 0 Å². The van der Waals surface area contributed by atoms with Crippen molar-refractivity contribution in [3.8, 4) is 0 Å². The molecule has 1 aromatic carbocycles. The maximum atomic E-state index is 11.9. The number of aliphatic hydroxyl groups is 1. The van der Waals surface area contributed by atoms with Crippen LogP contribution in [0.25, 0.3) is 0 Å². The normalized spacial score (nSPS) is 22.5. The van der Waals surface area contributed by atoms with E-state index >= 15 is 0 Å². The van der Waals surface area contributed by atoms with Gasteiger partial charge in [-0.3, -0.25) is 0 Å². The number of hydrogen-bond donors (Lipinski definition) is 1. The number of nitrogens with zero attached hydrogens (tertiary/aromatic N) is 1. The van der Waals surface area contributed by atoms with Crippen LogP contribution in [0.15, 0.2) is 30.3 Å². The van der Waals surface area contributed by atoms with Gasteiger partial charge in [0.05, 0.1) is 13.2 Å². The van der Waals surface area contributed by atoms with Crippen LogP contribution in [0, 0.1) is 0 Å². The average Bonchev–Trinajstić information content (AvgIpc) is 2.91. The van der Waals surface area contributed by atoms with Crippen molar-refractivity contribution in [3.63, 3.8) is 0 Å². The second kappa shape index (κ2) is 6.04. The van der Waals surface area contributed by atoms with Crippen LogP contribution in [-0.2, 0) is 16.1 Å². The lowest BCUT2D eigenvalue weighted by Crippen LogP contribution is -2.40. The highest BCUT2D eigenvalue weighted by atomic mass is 16.6. The minimum Gasteiger partial charge on any atom is -0.445 e. The molecule has 5 nitrogen and oxygen atoms in total. The topological polar surface area (TPSA) is 59.0 Å². The zero-order valence-corrected chi connectivity index (χ0v) is 11.0. The number of carbonyl (C=O) groups excluding carboxylic acids is 1. The first kappa shape index (κ1) is 13.8. The van der Waals surface area contributed by atoms with Crippen LogP contribution >= 0.6 is 0 Å². The van der Waals surface area contributed by atoms with Gasteiger partial charge in [0.2, 0.25) is 0 Å². The summed E-state index contributed by atoms with van der Waals surface area (Å²) in [6.07, 6.45) is 0.261. The maximum Gasteiger partial charge on any atom is 0.410 e. The number of carbonyl (C=O) groups is 1. The molecule has 1 amide bonds. The standard InChI is InChI=1S/C14H19NO4/c1-18-14(11-16)7-8-15(10-14)13(17)19-9-12-5-3-2-4-6-12/h2-6,16H,7-11H2,1H3. The molecule has 0 spiro atoms. The molecule has 1 aromatic rings. The Morgan fingerprint density at radius 1 is 1.42 bits per heavy atom. The first-order valence-corrected chi connectivity index (χ1v) is 6.31. The average molecular weight is 265 g/mol. The predicted octanol–water partition coefficient (Wildman–Crippen LogP) is 1.41. The Morgan fingerprint density at radius 3 is 2.74 bits per heavy atom. The Kier molecular flexibility index (Phi) is 4.39. The van der Waals surface area contributed by atoms with Crippen molar-refractivity contribution < 1.29 is 19.4 Å². The van der Waals surface area contributed by atoms with Gasteiger partial charge in [-0.25, -0.2) is 4.79 Å². The van der Waals surface area contributed by atoms with E-state index in [4.69, 9.17) is 9.47 Å². The summed E-state index contributed by atoms with van der Waals surface area (Å²) in [4.78, 5) is 13.5. The molecule has 19 heavy (non-hydrogen) atoms. The Balaban J connectivity index is 1.85. The number of benzene rings is 1. The summed E-state index contributed by atoms with van der Waals surface area (Å²) in [7, 11) is 1.55. The first-order chi connectivity index (χ1) is 9.19. The summed E-state index contributed by atoms with van der Waals surface area (Å²) in [6.45, 7) is 1.08. The molecule has 0 aromatic heterocycles. The number of ether oxygens (including phenoxy) is 2. The van der Waals surface area contributed by atoms with Crippen molar-refractivity contribution in [1.82, 2.24) is 4.90 Å². The highest BCUT2D eigenvalue weighted by molar-refractivity contribution is 5.68. The molecule has 1 N–H and O–H groups in total. The van der Waals surface area contributed by atoms with Crippen LogP contribution in [0.1, 0.15) is 12.0 Å². The van der Waals surface area contributed by atoms with Crippen molar-refractivity contribution in [1.29, 1.82) is 0 Å². The zero-order valence-electron chi connectivity index (χ0n) is 11.0. The van der Waals surface area contributed by atoms with E-state index in [1.165, 1.54) is 0 Å². The second-order valence-corrected chi connectivity index (χ2v) is 4.76. The van der Waals surface area contributed by atoms with E-state index in [-0.39, 0.29) is 19.3 Å². The molecule has 0 bridgehead atoms. The van der Waals surface area contributed by atoms with Crippen molar-refractivity contribution in [2.45, 2.75) is 18.6 Å². The molecule has 0 saturated carbocycles. The molecule has 1 aliphatic rings. The van der Waals surface area contributed by atoms with Gasteiger partial charge in [-0.15, -0.1) is 0 Å². The van der Waals surface area contributed by atoms with E-state index in [1.807, 2.05) is 30.3 Å². The summed E-state index contributed by atoms with van der Waals surface area (Å²) in [6, 6.07) is 9.54. The summed E-state index contributed by atoms with van der Waals surface area (Å²) in [5.41, 5.74) is 0.321. The zero-order chi connectivity index (χ0) is 13.7. The molecule has 0 radical (unpaired) electrons. The molecular formula is C14H19NO4. The predicted molar refractivity (Wildman–Crippen MR) is 69.6 cm³/mol. The molecule has 1 fully saturated rings. The number of likely N-dealkylation sites (tertiary alicyclic amines) is 1. The van der Waals surface area contributed by atoms with Gasteiger partial charge in [0, 0.05) is 13.7 Å². The first-order valence-electron chi connectivity index (χ1n) is 6.31. The molecule has 104 valence electrons. The summed E-state index contributed by atoms with van der Waals surface area (Å²) in [5, 5.41) is 9.32. The molecule has 1 heterocycles. The highest BCUT2D eigenvalue weighted by Crippen LogP contribution is 2.24. The fourth-order valence-electron chi connectivity index (χ4n) is 2.17. The molecule has 5 heteroatoms. The van der Waals surface area contributed by atoms with Crippen LogP contribution in [0.2, 0.25) is 0 Å². The lowest BCUT2D eigenvalue weighted by atomic mass is 10.1. The summed E-state index contributed by atoms with van der Waals surface area (Å²) >= 11 is 0. The van der Waals surface area contributed by atoms with Crippen molar-refractivity contribution in [3.05, 3.63) is 35.9 Å². The van der Waals surface area contributed by atoms with Gasteiger partial charge < -0.3 is 19.5 Å². The monoisotopic (exact) mass is 265 g/mol. The number of rotatable bonds is 4. The molecule has 2 rings (SSSR count). The molecule has 1 aliphatic heterocycles. The van der Waals surface area contributed by atoms with Crippen molar-refractivity contribution in [2.75, 3.05) is 26.8 Å². The number of amides is 1. The Hall–Kier alpha value is -1.59. The third kappa shape index (κ3) is 3.24. The Morgan fingerprint density at radius 2 is 2.16 bits per heavy atom.